The lowest BCUT2D eigenvalue weighted by Gasteiger charge is -2.37. The fraction of sp³-hybridized carbons (Fsp3) is 0.485. The monoisotopic (exact) mass is 641 g/mol. The molecule has 2 aromatic carbocycles. The Labute approximate surface area is 265 Å². The second-order valence-electron chi connectivity index (χ2n) is 12.1. The van der Waals surface area contributed by atoms with Crippen molar-refractivity contribution < 1.29 is 37.3 Å². The number of nitrogens with zero attached hydrogens (tertiary/aromatic N) is 4. The Hall–Kier alpha value is -4.10. The molecule has 10 nitrogen and oxygen atoms in total. The molecule has 13 heteroatoms. The van der Waals surface area contributed by atoms with Gasteiger partial charge in [-0.05, 0) is 79.5 Å². The summed E-state index contributed by atoms with van der Waals surface area (Å²) in [5.74, 6) is 0.928. The van der Waals surface area contributed by atoms with E-state index in [1.165, 1.54) is 12.1 Å². The van der Waals surface area contributed by atoms with E-state index in [9.17, 15) is 23.1 Å². The predicted octanol–water partition coefficient (Wildman–Crippen LogP) is 4.94. The highest BCUT2D eigenvalue weighted by Crippen LogP contribution is 2.39. The molecule has 2 aliphatic carbocycles. The molecule has 0 amide bonds. The predicted molar refractivity (Wildman–Crippen MR) is 165 cm³/mol. The van der Waals surface area contributed by atoms with Crippen LogP contribution in [0.5, 0.6) is 11.5 Å². The second-order valence-corrected chi connectivity index (χ2v) is 12.1. The first kappa shape index (κ1) is 31.9. The minimum absolute atomic E-state index is 0.201. The number of nitrogen functional groups attached to an aromatic ring is 1. The molecule has 46 heavy (non-hydrogen) atoms. The van der Waals surface area contributed by atoms with E-state index >= 15 is 0 Å². The molecule has 3 N–H and O–H groups in total. The van der Waals surface area contributed by atoms with Gasteiger partial charge in [0.05, 0.1) is 18.2 Å². The molecule has 246 valence electrons. The van der Waals surface area contributed by atoms with Crippen molar-refractivity contribution in [2.75, 3.05) is 56.6 Å². The Kier molecular flexibility index (Phi) is 9.50. The molecule has 2 unspecified atom stereocenters. The lowest BCUT2D eigenvalue weighted by atomic mass is 9.88. The van der Waals surface area contributed by atoms with Crippen molar-refractivity contribution >= 4 is 17.7 Å². The number of aromatic nitrogens is 2. The minimum atomic E-state index is -4.73. The molecule has 3 aliphatic rings. The van der Waals surface area contributed by atoms with E-state index in [4.69, 9.17) is 15.2 Å². The van der Waals surface area contributed by atoms with Gasteiger partial charge in [0, 0.05) is 50.5 Å². The third-order valence-corrected chi connectivity index (χ3v) is 9.01. The zero-order valence-corrected chi connectivity index (χ0v) is 25.5. The normalized spacial score (nSPS) is 19.8. The highest BCUT2D eigenvalue weighted by molar-refractivity contribution is 5.76. The third kappa shape index (κ3) is 7.81. The van der Waals surface area contributed by atoms with Crippen LogP contribution in [0.25, 0.3) is 11.3 Å². The Morgan fingerprint density at radius 2 is 1.76 bits per heavy atom. The van der Waals surface area contributed by atoms with Gasteiger partial charge in [-0.1, -0.05) is 12.1 Å². The molecule has 1 aromatic heterocycles. The van der Waals surface area contributed by atoms with Gasteiger partial charge in [0.1, 0.15) is 23.9 Å². The zero-order chi connectivity index (χ0) is 32.3. The van der Waals surface area contributed by atoms with Crippen LogP contribution in [0.1, 0.15) is 36.0 Å². The number of halogens is 3. The summed E-state index contributed by atoms with van der Waals surface area (Å²) in [5, 5.41) is 9.19. The molecule has 6 rings (SSSR count). The summed E-state index contributed by atoms with van der Waals surface area (Å²) in [6, 6.07) is 11.4. The van der Waals surface area contributed by atoms with Crippen molar-refractivity contribution in [2.45, 2.75) is 45.1 Å². The fourth-order valence-corrected chi connectivity index (χ4v) is 6.59. The van der Waals surface area contributed by atoms with Crippen LogP contribution in [0, 0.1) is 11.8 Å². The molecule has 1 saturated heterocycles. The summed E-state index contributed by atoms with van der Waals surface area (Å²) in [7, 11) is 0. The van der Waals surface area contributed by atoms with Gasteiger partial charge >= 0.3 is 12.3 Å². The van der Waals surface area contributed by atoms with E-state index in [0.29, 0.717) is 31.3 Å². The number of piperazine rings is 1. The summed E-state index contributed by atoms with van der Waals surface area (Å²) in [5.41, 5.74) is 10.9. The van der Waals surface area contributed by atoms with Crippen LogP contribution < -0.4 is 20.1 Å². The largest absolute Gasteiger partial charge is 0.573 e. The highest BCUT2D eigenvalue weighted by Gasteiger charge is 2.32. The number of nitrogens with two attached hydrogens (primary N) is 1. The van der Waals surface area contributed by atoms with Crippen LogP contribution in [-0.2, 0) is 29.0 Å². The van der Waals surface area contributed by atoms with E-state index in [2.05, 4.69) is 24.5 Å². The quantitative estimate of drug-likeness (QED) is 0.278. The first-order valence-corrected chi connectivity index (χ1v) is 15.7. The minimum Gasteiger partial charge on any atom is -0.489 e. The third-order valence-electron chi connectivity index (χ3n) is 9.01. The van der Waals surface area contributed by atoms with Crippen LogP contribution in [-0.4, -0.2) is 78.2 Å². The van der Waals surface area contributed by atoms with Crippen LogP contribution >= 0.6 is 0 Å². The summed E-state index contributed by atoms with van der Waals surface area (Å²) < 4.78 is 53.1. The van der Waals surface area contributed by atoms with E-state index < -0.39 is 12.3 Å². The number of aliphatic carboxylic acids is 1. The molecule has 2 atom stereocenters. The maximum absolute atomic E-state index is 12.4. The summed E-state index contributed by atoms with van der Waals surface area (Å²) in [6.45, 7) is 5.68. The Bertz CT molecular complexity index is 1530. The number of rotatable bonds is 11. The van der Waals surface area contributed by atoms with Gasteiger partial charge in [-0.3, -0.25) is 9.69 Å². The Morgan fingerprint density at radius 3 is 2.48 bits per heavy atom. The van der Waals surface area contributed by atoms with Crippen molar-refractivity contribution in [1.29, 1.82) is 0 Å². The Balaban J connectivity index is 1.02. The number of hydrogen-bond acceptors (Lipinski definition) is 9. The molecule has 2 fully saturated rings. The highest BCUT2D eigenvalue weighted by atomic mass is 19.4. The maximum Gasteiger partial charge on any atom is 0.573 e. The van der Waals surface area contributed by atoms with Gasteiger partial charge < -0.3 is 30.0 Å². The number of aryl methyl sites for hydroxylation is 1. The number of carboxylic acids is 1. The fourth-order valence-electron chi connectivity index (χ4n) is 6.59. The van der Waals surface area contributed by atoms with Gasteiger partial charge in [0.15, 0.2) is 0 Å². The average molecular weight is 642 g/mol. The summed E-state index contributed by atoms with van der Waals surface area (Å²) >= 11 is 0. The van der Waals surface area contributed by atoms with Gasteiger partial charge in [0.2, 0.25) is 5.95 Å². The van der Waals surface area contributed by atoms with Crippen LogP contribution in [0.15, 0.2) is 42.5 Å². The number of hydrogen-bond donors (Lipinski definition) is 2. The van der Waals surface area contributed by atoms with Crippen molar-refractivity contribution in [3.8, 4) is 22.8 Å². The number of benzene rings is 2. The Morgan fingerprint density at radius 1 is 1.00 bits per heavy atom. The molecule has 0 bridgehead atoms. The van der Waals surface area contributed by atoms with Crippen LogP contribution in [0.2, 0.25) is 0 Å². The lowest BCUT2D eigenvalue weighted by molar-refractivity contribution is -0.274. The van der Waals surface area contributed by atoms with Gasteiger partial charge in [-0.15, -0.1) is 13.2 Å². The topological polar surface area (TPSA) is 123 Å². The standard InChI is InChI=1S/C33H38F3N5O5/c34-33(35,36)46-25-6-2-21(3-7-25)20-45-26-8-10-27-23(18-26)5-9-28-29(27)38-32(37)39-30(28)41-13-11-40(12-14-41)15-16-44-19-22-1-4-24(17-22)31(42)43/h2-3,6-8,10,18,22,24H,1,4-5,9,11-17,19-20H2,(H,42,43)(H2,37,38,39). The first-order valence-electron chi connectivity index (χ1n) is 15.7. The molecule has 1 aliphatic heterocycles. The molecule has 2 heterocycles. The number of ether oxygens (including phenoxy) is 3. The molecule has 0 radical (unpaired) electrons. The zero-order valence-electron chi connectivity index (χ0n) is 25.5. The molecular formula is C33H38F3N5O5. The van der Waals surface area contributed by atoms with E-state index in [1.54, 1.807) is 12.1 Å². The van der Waals surface area contributed by atoms with Gasteiger partial charge in [-0.2, -0.15) is 4.98 Å². The van der Waals surface area contributed by atoms with E-state index in [0.717, 1.165) is 92.2 Å². The smallest absolute Gasteiger partial charge is 0.489 e. The summed E-state index contributed by atoms with van der Waals surface area (Å²) in [6.07, 6.45) is -0.794. The second kappa shape index (κ2) is 13.7. The maximum atomic E-state index is 12.4. The number of alkyl halides is 3. The number of anilines is 2. The van der Waals surface area contributed by atoms with Crippen molar-refractivity contribution in [2.24, 2.45) is 11.8 Å². The molecule has 0 spiro atoms. The van der Waals surface area contributed by atoms with Crippen molar-refractivity contribution in [3.63, 3.8) is 0 Å². The number of carbonyl (C=O) groups is 1. The molecule has 3 aromatic rings. The van der Waals surface area contributed by atoms with Crippen molar-refractivity contribution in [3.05, 3.63) is 59.2 Å². The number of fused-ring (bicyclic) bond motifs is 3. The van der Waals surface area contributed by atoms with E-state index in [-0.39, 0.29) is 24.2 Å². The SMILES string of the molecule is Nc1nc2c(c(N3CCN(CCOCC4CCC(C(=O)O)C4)CC3)n1)CCc1cc(OCc3ccc(OC(F)(F)F)cc3)ccc1-2. The lowest BCUT2D eigenvalue weighted by Crippen LogP contribution is -2.48. The molecule has 1 saturated carbocycles. The van der Waals surface area contributed by atoms with Crippen molar-refractivity contribution in [1.82, 2.24) is 14.9 Å². The first-order chi connectivity index (χ1) is 22.1. The summed E-state index contributed by atoms with van der Waals surface area (Å²) in [4.78, 5) is 25.1. The van der Waals surface area contributed by atoms with Crippen LogP contribution in [0.4, 0.5) is 24.9 Å². The number of carboxylic acid groups (broad SMARTS) is 1. The van der Waals surface area contributed by atoms with E-state index in [1.807, 2.05) is 18.2 Å². The van der Waals surface area contributed by atoms with Gasteiger partial charge in [0.25, 0.3) is 0 Å². The van der Waals surface area contributed by atoms with Gasteiger partial charge in [-0.25, -0.2) is 4.98 Å². The molecular weight excluding hydrogens is 603 g/mol. The average Bonchev–Trinajstić information content (AvgIpc) is 3.51. The van der Waals surface area contributed by atoms with Crippen LogP contribution in [0.3, 0.4) is 0 Å².